The van der Waals surface area contributed by atoms with E-state index in [4.69, 9.17) is 4.74 Å². The maximum atomic E-state index is 14.0. The highest BCUT2D eigenvalue weighted by Gasteiger charge is 2.27. The minimum atomic E-state index is -1.33. The number of hydrogen-bond acceptors (Lipinski definition) is 5. The number of ether oxygens (including phenoxy) is 1. The van der Waals surface area contributed by atoms with Crippen molar-refractivity contribution < 1.29 is 27.8 Å². The topological polar surface area (TPSA) is 73.6 Å². The number of nitrogens with zero attached hydrogens (tertiary/aromatic N) is 2. The number of hydrogen-bond donors (Lipinski definition) is 1. The standard InChI is InChI=1S/C17H13F3N2O3S/c18-12-7-14(20)13(19)6-9(12)5-10-11(8-21)16(26-15(10)17(23)24)22-1-3-25-4-2-22/h6-7H,1-5H2,(H,23,24). The van der Waals surface area contributed by atoms with Gasteiger partial charge in [-0.2, -0.15) is 5.26 Å². The highest BCUT2D eigenvalue weighted by Crippen LogP contribution is 2.38. The Morgan fingerprint density at radius 1 is 1.23 bits per heavy atom. The molecule has 136 valence electrons. The summed E-state index contributed by atoms with van der Waals surface area (Å²) in [6, 6.07) is 3.07. The summed E-state index contributed by atoms with van der Waals surface area (Å²) in [6.07, 6.45) is -0.325. The average molecular weight is 382 g/mol. The summed E-state index contributed by atoms with van der Waals surface area (Å²) in [7, 11) is 0. The van der Waals surface area contributed by atoms with E-state index in [0.717, 1.165) is 11.3 Å². The number of morpholine rings is 1. The van der Waals surface area contributed by atoms with Crippen LogP contribution in [0.5, 0.6) is 0 Å². The molecule has 0 spiro atoms. The van der Waals surface area contributed by atoms with Gasteiger partial charge in [0.25, 0.3) is 0 Å². The second kappa shape index (κ2) is 7.35. The fourth-order valence-corrected chi connectivity index (χ4v) is 3.95. The van der Waals surface area contributed by atoms with Crippen LogP contribution in [0.4, 0.5) is 18.2 Å². The van der Waals surface area contributed by atoms with Gasteiger partial charge < -0.3 is 14.7 Å². The SMILES string of the molecule is N#Cc1c(N2CCOCC2)sc(C(=O)O)c1Cc1cc(F)c(F)cc1F. The molecule has 0 atom stereocenters. The van der Waals surface area contributed by atoms with Crippen molar-refractivity contribution in [2.75, 3.05) is 31.2 Å². The van der Waals surface area contributed by atoms with Crippen molar-refractivity contribution in [1.82, 2.24) is 0 Å². The zero-order valence-corrected chi connectivity index (χ0v) is 14.2. The highest BCUT2D eigenvalue weighted by atomic mass is 32.1. The molecule has 9 heteroatoms. The van der Waals surface area contributed by atoms with Gasteiger partial charge in [-0.3, -0.25) is 0 Å². The molecule has 0 radical (unpaired) electrons. The van der Waals surface area contributed by atoms with E-state index in [1.165, 1.54) is 0 Å². The second-order valence-electron chi connectivity index (χ2n) is 5.64. The molecule has 1 fully saturated rings. The number of benzene rings is 1. The van der Waals surface area contributed by atoms with Crippen LogP contribution >= 0.6 is 11.3 Å². The number of carboxylic acids is 1. The number of anilines is 1. The number of thiophene rings is 1. The van der Waals surface area contributed by atoms with Crippen molar-refractivity contribution in [2.24, 2.45) is 0 Å². The van der Waals surface area contributed by atoms with Gasteiger partial charge >= 0.3 is 5.97 Å². The van der Waals surface area contributed by atoms with Gasteiger partial charge in [0, 0.05) is 31.1 Å². The first-order valence-electron chi connectivity index (χ1n) is 7.67. The van der Waals surface area contributed by atoms with E-state index in [1.807, 2.05) is 11.0 Å². The molecule has 1 aliphatic heterocycles. The average Bonchev–Trinajstić information content (AvgIpc) is 2.99. The molecule has 0 unspecified atom stereocenters. The summed E-state index contributed by atoms with van der Waals surface area (Å²) in [5, 5.41) is 19.5. The number of rotatable bonds is 4. The molecular weight excluding hydrogens is 369 g/mol. The lowest BCUT2D eigenvalue weighted by molar-refractivity contribution is 0.0701. The predicted molar refractivity (Wildman–Crippen MR) is 88.1 cm³/mol. The number of halogens is 3. The normalized spacial score (nSPS) is 14.3. The van der Waals surface area contributed by atoms with E-state index in [0.29, 0.717) is 43.4 Å². The van der Waals surface area contributed by atoms with E-state index in [2.05, 4.69) is 0 Å². The second-order valence-corrected chi connectivity index (χ2v) is 6.64. The molecule has 2 heterocycles. The van der Waals surface area contributed by atoms with Crippen LogP contribution in [0, 0.1) is 28.8 Å². The lowest BCUT2D eigenvalue weighted by Crippen LogP contribution is -2.36. The fraction of sp³-hybridized carbons (Fsp3) is 0.294. The van der Waals surface area contributed by atoms with Gasteiger partial charge in [-0.25, -0.2) is 18.0 Å². The predicted octanol–water partition coefficient (Wildman–Crippen LogP) is 3.16. The Balaban J connectivity index is 2.08. The van der Waals surface area contributed by atoms with Crippen molar-refractivity contribution >= 4 is 22.3 Å². The third-order valence-corrected chi connectivity index (χ3v) is 5.33. The number of aromatic carboxylic acids is 1. The Hall–Kier alpha value is -2.57. The van der Waals surface area contributed by atoms with Crippen LogP contribution in [0.3, 0.4) is 0 Å². The van der Waals surface area contributed by atoms with Crippen molar-refractivity contribution in [3.05, 3.63) is 51.2 Å². The smallest absolute Gasteiger partial charge is 0.346 e. The first-order chi connectivity index (χ1) is 12.4. The molecule has 0 saturated carbocycles. The van der Waals surface area contributed by atoms with Gasteiger partial charge in [0.1, 0.15) is 21.8 Å². The Kier molecular flexibility index (Phi) is 5.15. The number of nitriles is 1. The molecule has 1 aromatic carbocycles. The summed E-state index contributed by atoms with van der Waals surface area (Å²) >= 11 is 0.916. The van der Waals surface area contributed by atoms with Crippen molar-refractivity contribution in [1.29, 1.82) is 5.26 Å². The Bertz CT molecular complexity index is 902. The minimum Gasteiger partial charge on any atom is -0.477 e. The van der Waals surface area contributed by atoms with Gasteiger partial charge in [-0.05, 0) is 11.6 Å². The summed E-state index contributed by atoms with van der Waals surface area (Å²) < 4.78 is 45.8. The van der Waals surface area contributed by atoms with Crippen molar-refractivity contribution in [3.8, 4) is 6.07 Å². The highest BCUT2D eigenvalue weighted by molar-refractivity contribution is 7.18. The third-order valence-electron chi connectivity index (χ3n) is 4.05. The van der Waals surface area contributed by atoms with E-state index in [-0.39, 0.29) is 28.0 Å². The lowest BCUT2D eigenvalue weighted by Gasteiger charge is -2.27. The van der Waals surface area contributed by atoms with Gasteiger partial charge in [0.05, 0.1) is 18.8 Å². The summed E-state index contributed by atoms with van der Waals surface area (Å²) in [4.78, 5) is 13.3. The molecule has 1 aliphatic rings. The molecule has 3 rings (SSSR count). The maximum Gasteiger partial charge on any atom is 0.346 e. The summed E-state index contributed by atoms with van der Waals surface area (Å²) in [5.41, 5.74) is -0.0101. The molecular formula is C17H13F3N2O3S. The molecule has 1 N–H and O–H groups in total. The van der Waals surface area contributed by atoms with Crippen LogP contribution in [0.2, 0.25) is 0 Å². The molecule has 5 nitrogen and oxygen atoms in total. The number of carbonyl (C=O) groups is 1. The fourth-order valence-electron chi connectivity index (χ4n) is 2.79. The van der Waals surface area contributed by atoms with Gasteiger partial charge in [-0.15, -0.1) is 11.3 Å². The largest absolute Gasteiger partial charge is 0.477 e. The maximum absolute atomic E-state index is 14.0. The van der Waals surface area contributed by atoms with E-state index in [9.17, 15) is 28.3 Å². The molecule has 1 saturated heterocycles. The van der Waals surface area contributed by atoms with Gasteiger partial charge in [0.2, 0.25) is 0 Å². The van der Waals surface area contributed by atoms with E-state index < -0.39 is 23.4 Å². The minimum absolute atomic E-state index is 0.0939. The van der Waals surface area contributed by atoms with Gasteiger partial charge in [-0.1, -0.05) is 0 Å². The van der Waals surface area contributed by atoms with Crippen LogP contribution in [-0.2, 0) is 11.2 Å². The Morgan fingerprint density at radius 2 is 1.88 bits per heavy atom. The summed E-state index contributed by atoms with van der Waals surface area (Å²) in [6.45, 7) is 1.87. The third kappa shape index (κ3) is 3.38. The molecule has 1 aromatic heterocycles. The zero-order chi connectivity index (χ0) is 18.8. The molecule has 26 heavy (non-hydrogen) atoms. The monoisotopic (exact) mass is 382 g/mol. The molecule has 0 bridgehead atoms. The van der Waals surface area contributed by atoms with Crippen LogP contribution in [-0.4, -0.2) is 37.4 Å². The lowest BCUT2D eigenvalue weighted by atomic mass is 10.0. The van der Waals surface area contributed by atoms with E-state index >= 15 is 0 Å². The van der Waals surface area contributed by atoms with Crippen LogP contribution in [0.1, 0.15) is 26.4 Å². The van der Waals surface area contributed by atoms with Crippen LogP contribution < -0.4 is 4.90 Å². The first kappa shape index (κ1) is 18.2. The Labute approximate surface area is 150 Å². The quantitative estimate of drug-likeness (QED) is 0.823. The van der Waals surface area contributed by atoms with Crippen molar-refractivity contribution in [3.63, 3.8) is 0 Å². The van der Waals surface area contributed by atoms with E-state index in [1.54, 1.807) is 0 Å². The molecule has 0 aliphatic carbocycles. The summed E-state index contributed by atoms with van der Waals surface area (Å²) in [5.74, 6) is -4.82. The molecule has 2 aromatic rings. The van der Waals surface area contributed by atoms with Crippen LogP contribution in [0.15, 0.2) is 12.1 Å². The Morgan fingerprint density at radius 3 is 2.50 bits per heavy atom. The number of carboxylic acid groups (broad SMARTS) is 1. The van der Waals surface area contributed by atoms with Gasteiger partial charge in [0.15, 0.2) is 11.6 Å². The molecule has 0 amide bonds. The van der Waals surface area contributed by atoms with Crippen LogP contribution in [0.25, 0.3) is 0 Å². The first-order valence-corrected chi connectivity index (χ1v) is 8.49. The van der Waals surface area contributed by atoms with Crippen molar-refractivity contribution in [2.45, 2.75) is 6.42 Å². The zero-order valence-electron chi connectivity index (χ0n) is 13.4.